The zero-order valence-corrected chi connectivity index (χ0v) is 10.7. The van der Waals surface area contributed by atoms with Crippen LogP contribution in [-0.4, -0.2) is 30.1 Å². The summed E-state index contributed by atoms with van der Waals surface area (Å²) >= 11 is 0. The predicted octanol–water partition coefficient (Wildman–Crippen LogP) is 1.14. The summed E-state index contributed by atoms with van der Waals surface area (Å²) in [7, 11) is 1.53. The highest BCUT2D eigenvalue weighted by Gasteiger charge is 2.15. The van der Waals surface area contributed by atoms with Gasteiger partial charge in [0.15, 0.2) is 0 Å². The average Bonchev–Trinajstić information content (AvgIpc) is 2.28. The Morgan fingerprint density at radius 1 is 1.44 bits per heavy atom. The van der Waals surface area contributed by atoms with E-state index in [9.17, 15) is 9.59 Å². The number of benzene rings is 1. The number of carboxylic acid groups (broad SMARTS) is 1. The Bertz CT molecular complexity index is 456. The van der Waals surface area contributed by atoms with E-state index in [0.29, 0.717) is 5.75 Å². The van der Waals surface area contributed by atoms with E-state index >= 15 is 0 Å². The molecule has 0 radical (unpaired) electrons. The zero-order valence-electron chi connectivity index (χ0n) is 10.7. The fraction of sp³-hybridized carbons (Fsp3) is 0.385. The van der Waals surface area contributed by atoms with E-state index in [1.54, 1.807) is 6.07 Å². The van der Waals surface area contributed by atoms with Crippen LogP contribution in [0.4, 0.5) is 0 Å². The Balaban J connectivity index is 2.75. The van der Waals surface area contributed by atoms with Crippen LogP contribution in [-0.2, 0) is 16.0 Å². The number of methoxy groups -OCH3 is 1. The molecule has 0 aliphatic rings. The van der Waals surface area contributed by atoms with Crippen LogP contribution in [0.1, 0.15) is 18.1 Å². The number of ether oxygens (including phenoxy) is 1. The van der Waals surface area contributed by atoms with Crippen molar-refractivity contribution in [2.45, 2.75) is 26.3 Å². The minimum atomic E-state index is -1.06. The van der Waals surface area contributed by atoms with Crippen LogP contribution in [0, 0.1) is 6.92 Å². The van der Waals surface area contributed by atoms with Gasteiger partial charge in [0.2, 0.25) is 5.91 Å². The van der Waals surface area contributed by atoms with E-state index < -0.39 is 12.0 Å². The van der Waals surface area contributed by atoms with Crippen LogP contribution >= 0.6 is 0 Å². The largest absolute Gasteiger partial charge is 0.496 e. The molecule has 1 aromatic rings. The van der Waals surface area contributed by atoms with Crippen LogP contribution < -0.4 is 10.1 Å². The number of hydrogen-bond acceptors (Lipinski definition) is 3. The standard InChI is InChI=1S/C13H17NO4/c1-8-4-5-11(18-3)10(6-8)7-12(15)14-9(2)13(16)17/h4-6,9H,7H2,1-3H3,(H,14,15)(H,16,17)/t9-/m0/s1. The molecule has 98 valence electrons. The molecule has 1 atom stereocenters. The monoisotopic (exact) mass is 251 g/mol. The highest BCUT2D eigenvalue weighted by Crippen LogP contribution is 2.20. The maximum Gasteiger partial charge on any atom is 0.325 e. The molecule has 5 heteroatoms. The molecule has 0 saturated carbocycles. The Morgan fingerprint density at radius 3 is 2.67 bits per heavy atom. The number of rotatable bonds is 5. The van der Waals surface area contributed by atoms with Gasteiger partial charge in [-0.25, -0.2) is 0 Å². The number of aliphatic carboxylic acids is 1. The van der Waals surface area contributed by atoms with Crippen molar-refractivity contribution in [3.05, 3.63) is 29.3 Å². The molecule has 2 N–H and O–H groups in total. The van der Waals surface area contributed by atoms with E-state index in [4.69, 9.17) is 9.84 Å². The predicted molar refractivity (Wildman–Crippen MR) is 66.7 cm³/mol. The van der Waals surface area contributed by atoms with Crippen LogP contribution in [0.3, 0.4) is 0 Å². The first-order valence-corrected chi connectivity index (χ1v) is 5.59. The Morgan fingerprint density at radius 2 is 2.11 bits per heavy atom. The summed E-state index contributed by atoms with van der Waals surface area (Å²) < 4.78 is 5.16. The summed E-state index contributed by atoms with van der Waals surface area (Å²) in [5.41, 5.74) is 1.76. The topological polar surface area (TPSA) is 75.6 Å². The molecule has 18 heavy (non-hydrogen) atoms. The van der Waals surface area contributed by atoms with Gasteiger partial charge in [-0.1, -0.05) is 17.7 Å². The van der Waals surface area contributed by atoms with Gasteiger partial charge in [-0.15, -0.1) is 0 Å². The third-order valence-electron chi connectivity index (χ3n) is 2.53. The molecule has 0 unspecified atom stereocenters. The van der Waals surface area contributed by atoms with E-state index in [0.717, 1.165) is 11.1 Å². The van der Waals surface area contributed by atoms with Gasteiger partial charge in [-0.3, -0.25) is 9.59 Å². The summed E-state index contributed by atoms with van der Waals surface area (Å²) in [6.45, 7) is 3.34. The van der Waals surface area contributed by atoms with Gasteiger partial charge >= 0.3 is 5.97 Å². The van der Waals surface area contributed by atoms with Crippen LogP contribution in [0.5, 0.6) is 5.75 Å². The van der Waals surface area contributed by atoms with Crippen molar-refractivity contribution in [3.63, 3.8) is 0 Å². The van der Waals surface area contributed by atoms with Gasteiger partial charge in [-0.05, 0) is 19.9 Å². The maximum atomic E-state index is 11.7. The first-order valence-electron chi connectivity index (χ1n) is 5.59. The van der Waals surface area contributed by atoms with Crippen LogP contribution in [0.15, 0.2) is 18.2 Å². The van der Waals surface area contributed by atoms with Gasteiger partial charge in [-0.2, -0.15) is 0 Å². The lowest BCUT2D eigenvalue weighted by atomic mass is 10.1. The third kappa shape index (κ3) is 3.76. The highest BCUT2D eigenvalue weighted by molar-refractivity contribution is 5.85. The second kappa shape index (κ2) is 6.05. The molecule has 1 rings (SSSR count). The fourth-order valence-electron chi connectivity index (χ4n) is 1.57. The number of carbonyl (C=O) groups excluding carboxylic acids is 1. The molecule has 0 bridgehead atoms. The SMILES string of the molecule is COc1ccc(C)cc1CC(=O)N[C@@H](C)C(=O)O. The summed E-state index contributed by atoms with van der Waals surface area (Å²) in [6.07, 6.45) is 0.0997. The molecular weight excluding hydrogens is 234 g/mol. The maximum absolute atomic E-state index is 11.7. The van der Waals surface area contributed by atoms with Crippen molar-refractivity contribution < 1.29 is 19.4 Å². The lowest BCUT2D eigenvalue weighted by molar-refractivity contribution is -0.141. The lowest BCUT2D eigenvalue weighted by Crippen LogP contribution is -2.39. The Labute approximate surface area is 106 Å². The number of carboxylic acids is 1. The molecule has 5 nitrogen and oxygen atoms in total. The summed E-state index contributed by atoms with van der Waals surface area (Å²) in [6, 6.07) is 4.64. The summed E-state index contributed by atoms with van der Waals surface area (Å²) in [5, 5.41) is 11.1. The van der Waals surface area contributed by atoms with Gasteiger partial charge in [0, 0.05) is 5.56 Å². The molecule has 0 heterocycles. The number of carbonyl (C=O) groups is 2. The van der Waals surface area contributed by atoms with Crippen LogP contribution in [0.25, 0.3) is 0 Å². The lowest BCUT2D eigenvalue weighted by Gasteiger charge is -2.12. The van der Waals surface area contributed by atoms with E-state index in [1.165, 1.54) is 14.0 Å². The molecule has 0 fully saturated rings. The van der Waals surface area contributed by atoms with Gasteiger partial charge in [0.1, 0.15) is 11.8 Å². The second-order valence-corrected chi connectivity index (χ2v) is 4.12. The van der Waals surface area contributed by atoms with E-state index in [2.05, 4.69) is 5.32 Å². The van der Waals surface area contributed by atoms with Crippen molar-refractivity contribution in [3.8, 4) is 5.75 Å². The van der Waals surface area contributed by atoms with E-state index in [-0.39, 0.29) is 12.3 Å². The van der Waals surface area contributed by atoms with Crippen molar-refractivity contribution in [1.29, 1.82) is 0 Å². The molecular formula is C13H17NO4. The van der Waals surface area contributed by atoms with E-state index in [1.807, 2.05) is 19.1 Å². The molecule has 0 aliphatic heterocycles. The second-order valence-electron chi connectivity index (χ2n) is 4.12. The molecule has 0 saturated heterocycles. The van der Waals surface area contributed by atoms with Gasteiger partial charge in [0.05, 0.1) is 13.5 Å². The quantitative estimate of drug-likeness (QED) is 0.822. The molecule has 0 spiro atoms. The minimum Gasteiger partial charge on any atom is -0.496 e. The zero-order chi connectivity index (χ0) is 13.7. The molecule has 1 aromatic carbocycles. The molecule has 0 aliphatic carbocycles. The van der Waals surface area contributed by atoms with Crippen molar-refractivity contribution in [2.24, 2.45) is 0 Å². The Kier molecular flexibility index (Phi) is 4.71. The molecule has 0 aromatic heterocycles. The van der Waals surface area contributed by atoms with Crippen molar-refractivity contribution >= 4 is 11.9 Å². The number of aryl methyl sites for hydroxylation is 1. The number of hydrogen-bond donors (Lipinski definition) is 2. The minimum absolute atomic E-state index is 0.0997. The molecule has 1 amide bonds. The first-order chi connectivity index (χ1) is 8.43. The van der Waals surface area contributed by atoms with Crippen molar-refractivity contribution in [2.75, 3.05) is 7.11 Å². The average molecular weight is 251 g/mol. The smallest absolute Gasteiger partial charge is 0.325 e. The summed E-state index contributed by atoms with van der Waals surface area (Å²) in [4.78, 5) is 22.3. The number of nitrogens with one attached hydrogen (secondary N) is 1. The van der Waals surface area contributed by atoms with Crippen molar-refractivity contribution in [1.82, 2.24) is 5.32 Å². The summed E-state index contributed by atoms with van der Waals surface area (Å²) in [5.74, 6) is -0.771. The van der Waals surface area contributed by atoms with Gasteiger partial charge < -0.3 is 15.2 Å². The van der Waals surface area contributed by atoms with Gasteiger partial charge in [0.25, 0.3) is 0 Å². The highest BCUT2D eigenvalue weighted by atomic mass is 16.5. The number of amides is 1. The first kappa shape index (κ1) is 14.0. The van der Waals surface area contributed by atoms with Crippen LogP contribution in [0.2, 0.25) is 0 Å². The normalized spacial score (nSPS) is 11.7. The third-order valence-corrected chi connectivity index (χ3v) is 2.53. The fourth-order valence-corrected chi connectivity index (χ4v) is 1.57. The Hall–Kier alpha value is -2.04.